The Labute approximate surface area is 198 Å². The van der Waals surface area contributed by atoms with Crippen LogP contribution in [0.15, 0.2) is 54.6 Å². The minimum atomic E-state index is -1.35. The minimum absolute atomic E-state index is 0.0346. The van der Waals surface area contributed by atoms with Crippen LogP contribution in [0.5, 0.6) is 0 Å². The lowest BCUT2D eigenvalue weighted by Gasteiger charge is -2.16. The smallest absolute Gasteiger partial charge is 0.408 e. The summed E-state index contributed by atoms with van der Waals surface area (Å²) in [6.07, 6.45) is -1.56. The molecule has 3 rings (SSSR count). The molecule has 1 atom stereocenters. The third-order valence-electron chi connectivity index (χ3n) is 4.42. The summed E-state index contributed by atoms with van der Waals surface area (Å²) in [6.45, 7) is -0.444. The maximum atomic E-state index is 12.8. The molecular weight excluding hydrogens is 470 g/mol. The zero-order valence-electron chi connectivity index (χ0n) is 17.1. The number of nitrogens with zero attached hydrogens (tertiary/aromatic N) is 4. The average Bonchev–Trinajstić information content (AvgIpc) is 3.25. The SMILES string of the molecule is O=C(O)CC(NC(=O)OCc1ccccc1)C(=O)Cn1nnnc1C(=S)c1ccc(Cl)cc1. The van der Waals surface area contributed by atoms with Crippen molar-refractivity contribution in [2.24, 2.45) is 0 Å². The molecule has 1 amide bonds. The van der Waals surface area contributed by atoms with E-state index in [1.54, 1.807) is 48.5 Å². The Morgan fingerprint density at radius 2 is 1.82 bits per heavy atom. The van der Waals surface area contributed by atoms with Crippen LogP contribution in [-0.2, 0) is 27.5 Å². The molecule has 12 heteroatoms. The second-order valence-corrected chi connectivity index (χ2v) is 7.66. The molecule has 0 aliphatic heterocycles. The lowest BCUT2D eigenvalue weighted by Crippen LogP contribution is -2.44. The third-order valence-corrected chi connectivity index (χ3v) is 5.09. The van der Waals surface area contributed by atoms with Crippen molar-refractivity contribution in [1.82, 2.24) is 25.5 Å². The summed E-state index contributed by atoms with van der Waals surface area (Å²) in [6, 6.07) is 14.2. The van der Waals surface area contributed by atoms with E-state index in [-0.39, 0.29) is 17.3 Å². The quantitative estimate of drug-likeness (QED) is 0.326. The van der Waals surface area contributed by atoms with Crippen LogP contribution in [0.4, 0.5) is 4.79 Å². The van der Waals surface area contributed by atoms with Gasteiger partial charge in [-0.2, -0.15) is 0 Å². The second-order valence-electron chi connectivity index (χ2n) is 6.82. The molecule has 10 nitrogen and oxygen atoms in total. The molecule has 0 fully saturated rings. The number of carboxylic acids is 1. The molecule has 3 aromatic rings. The molecule has 170 valence electrons. The van der Waals surface area contributed by atoms with E-state index in [4.69, 9.17) is 28.6 Å². The largest absolute Gasteiger partial charge is 0.481 e. The number of benzene rings is 2. The first kappa shape index (κ1) is 24.0. The number of alkyl carbamates (subject to hydrolysis) is 1. The van der Waals surface area contributed by atoms with Gasteiger partial charge in [0.15, 0.2) is 11.6 Å². The van der Waals surface area contributed by atoms with Crippen molar-refractivity contribution >= 4 is 46.5 Å². The molecule has 2 aromatic carbocycles. The summed E-state index contributed by atoms with van der Waals surface area (Å²) in [5.41, 5.74) is 1.35. The zero-order valence-corrected chi connectivity index (χ0v) is 18.6. The normalized spacial score (nSPS) is 11.4. The molecule has 0 saturated heterocycles. The highest BCUT2D eigenvalue weighted by Gasteiger charge is 2.26. The van der Waals surface area contributed by atoms with Gasteiger partial charge in [-0.15, -0.1) is 5.10 Å². The summed E-state index contributed by atoms with van der Waals surface area (Å²) < 4.78 is 6.23. The lowest BCUT2D eigenvalue weighted by atomic mass is 10.1. The Balaban J connectivity index is 1.67. The van der Waals surface area contributed by atoms with Gasteiger partial charge in [-0.3, -0.25) is 9.59 Å². The first-order valence-electron chi connectivity index (χ1n) is 9.61. The van der Waals surface area contributed by atoms with Crippen molar-refractivity contribution in [2.75, 3.05) is 0 Å². The number of Topliss-reactive ketones (excluding diaryl/α,β-unsaturated/α-hetero) is 1. The number of rotatable bonds is 10. The number of hydrogen-bond donors (Lipinski definition) is 2. The van der Waals surface area contributed by atoms with Gasteiger partial charge in [-0.1, -0.05) is 66.3 Å². The van der Waals surface area contributed by atoms with Crippen LogP contribution in [0.3, 0.4) is 0 Å². The Morgan fingerprint density at radius 3 is 2.48 bits per heavy atom. The topological polar surface area (TPSA) is 136 Å². The van der Waals surface area contributed by atoms with E-state index in [1.165, 1.54) is 0 Å². The minimum Gasteiger partial charge on any atom is -0.481 e. The van der Waals surface area contributed by atoms with E-state index in [2.05, 4.69) is 20.8 Å². The highest BCUT2D eigenvalue weighted by atomic mass is 35.5. The molecule has 2 N–H and O–H groups in total. The predicted molar refractivity (Wildman–Crippen MR) is 121 cm³/mol. The fraction of sp³-hybridized carbons (Fsp3) is 0.190. The first-order valence-corrected chi connectivity index (χ1v) is 10.4. The van der Waals surface area contributed by atoms with Crippen LogP contribution in [-0.4, -0.2) is 54.1 Å². The van der Waals surface area contributed by atoms with E-state index < -0.39 is 36.9 Å². The Hall–Kier alpha value is -3.70. The van der Waals surface area contributed by atoms with Crippen molar-refractivity contribution in [3.8, 4) is 0 Å². The van der Waals surface area contributed by atoms with Crippen LogP contribution in [0.25, 0.3) is 0 Å². The van der Waals surface area contributed by atoms with E-state index in [1.807, 2.05) is 6.07 Å². The molecule has 1 heterocycles. The second kappa shape index (κ2) is 11.2. The number of aromatic nitrogens is 4. The van der Waals surface area contributed by atoms with Crippen LogP contribution in [0.1, 0.15) is 23.4 Å². The number of carbonyl (C=O) groups is 3. The van der Waals surface area contributed by atoms with Crippen molar-refractivity contribution in [2.45, 2.75) is 25.6 Å². The predicted octanol–water partition coefficient (Wildman–Crippen LogP) is 2.43. The number of nitrogens with one attached hydrogen (secondary N) is 1. The van der Waals surface area contributed by atoms with Crippen molar-refractivity contribution in [3.05, 3.63) is 76.6 Å². The standard InChI is InChI=1S/C21H18ClN5O5S/c22-15-8-6-14(7-9-15)19(33)20-24-25-26-27(20)11-17(28)16(10-18(29)30)23-21(31)32-12-13-4-2-1-3-5-13/h1-9,16H,10-12H2,(H,23,31)(H,29,30). The first-order chi connectivity index (χ1) is 15.8. The molecule has 0 spiro atoms. The number of carbonyl (C=O) groups excluding carboxylic acids is 2. The van der Waals surface area contributed by atoms with Crippen LogP contribution in [0.2, 0.25) is 5.02 Å². The summed E-state index contributed by atoms with van der Waals surface area (Å²) in [5.74, 6) is -1.77. The number of tetrazole rings is 1. The van der Waals surface area contributed by atoms with Gasteiger partial charge >= 0.3 is 12.1 Å². The molecule has 0 radical (unpaired) electrons. The van der Waals surface area contributed by atoms with E-state index in [0.29, 0.717) is 10.6 Å². The summed E-state index contributed by atoms with van der Waals surface area (Å²) in [5, 5.41) is 23.2. The Kier molecular flexibility index (Phi) is 8.17. The number of hydrogen-bond acceptors (Lipinski definition) is 8. The van der Waals surface area contributed by atoms with Crippen LogP contribution >= 0.6 is 23.8 Å². The van der Waals surface area contributed by atoms with Crippen molar-refractivity contribution < 1.29 is 24.2 Å². The summed E-state index contributed by atoms with van der Waals surface area (Å²) in [7, 11) is 0. The number of ether oxygens (including phenoxy) is 1. The summed E-state index contributed by atoms with van der Waals surface area (Å²) >= 11 is 11.3. The number of thiocarbonyl (C=S) groups is 1. The van der Waals surface area contributed by atoms with Gasteiger partial charge < -0.3 is 15.2 Å². The monoisotopic (exact) mass is 487 g/mol. The van der Waals surface area contributed by atoms with Gasteiger partial charge in [0.25, 0.3) is 0 Å². The average molecular weight is 488 g/mol. The van der Waals surface area contributed by atoms with Crippen LogP contribution in [0, 0.1) is 0 Å². The number of carboxylic acid groups (broad SMARTS) is 1. The fourth-order valence-corrected chi connectivity index (χ4v) is 3.20. The van der Waals surface area contributed by atoms with Gasteiger partial charge in [0.2, 0.25) is 0 Å². The molecule has 0 bridgehead atoms. The van der Waals surface area contributed by atoms with Gasteiger partial charge in [0.05, 0.1) is 11.3 Å². The van der Waals surface area contributed by atoms with E-state index >= 15 is 0 Å². The molecule has 33 heavy (non-hydrogen) atoms. The van der Waals surface area contributed by atoms with Crippen LogP contribution < -0.4 is 5.32 Å². The molecule has 0 saturated carbocycles. The maximum Gasteiger partial charge on any atom is 0.408 e. The summed E-state index contributed by atoms with van der Waals surface area (Å²) in [4.78, 5) is 36.5. The molecule has 1 aromatic heterocycles. The zero-order chi connectivity index (χ0) is 23.8. The van der Waals surface area contributed by atoms with Gasteiger partial charge in [-0.25, -0.2) is 9.48 Å². The number of ketones is 1. The van der Waals surface area contributed by atoms with Crippen molar-refractivity contribution in [3.63, 3.8) is 0 Å². The van der Waals surface area contributed by atoms with E-state index in [0.717, 1.165) is 10.2 Å². The Morgan fingerprint density at radius 1 is 1.12 bits per heavy atom. The molecule has 0 aliphatic carbocycles. The number of aliphatic carboxylic acids is 1. The molecule has 1 unspecified atom stereocenters. The number of halogens is 1. The van der Waals surface area contributed by atoms with E-state index in [9.17, 15) is 19.5 Å². The highest BCUT2D eigenvalue weighted by molar-refractivity contribution is 7.81. The van der Waals surface area contributed by atoms with Gasteiger partial charge in [0.1, 0.15) is 19.2 Å². The third kappa shape index (κ3) is 6.89. The maximum absolute atomic E-state index is 12.8. The fourth-order valence-electron chi connectivity index (χ4n) is 2.79. The number of amides is 1. The van der Waals surface area contributed by atoms with Crippen molar-refractivity contribution in [1.29, 1.82) is 0 Å². The Bertz CT molecular complexity index is 1150. The lowest BCUT2D eigenvalue weighted by molar-refractivity contribution is -0.139. The van der Waals surface area contributed by atoms with Gasteiger partial charge in [0, 0.05) is 5.02 Å². The molecule has 0 aliphatic rings. The molecular formula is C21H18ClN5O5S. The highest BCUT2D eigenvalue weighted by Crippen LogP contribution is 2.14. The van der Waals surface area contributed by atoms with Gasteiger partial charge in [-0.05, 0) is 33.7 Å².